The SMILES string of the molecule is COc1cc(OCCN2CCOCC2)ccc1/C=C/CCC/C=C/c1ccc2ccn(C)c2c1. The largest absolute Gasteiger partial charge is 0.496 e. The van der Waals surface area contributed by atoms with Crippen molar-refractivity contribution in [3.8, 4) is 11.5 Å². The van der Waals surface area contributed by atoms with Gasteiger partial charge in [0.2, 0.25) is 0 Å². The summed E-state index contributed by atoms with van der Waals surface area (Å²) < 4.78 is 19.1. The van der Waals surface area contributed by atoms with Crippen LogP contribution in [0, 0.1) is 0 Å². The zero-order valence-electron chi connectivity index (χ0n) is 20.4. The van der Waals surface area contributed by atoms with Crippen molar-refractivity contribution >= 4 is 23.1 Å². The van der Waals surface area contributed by atoms with Crippen LogP contribution in [0.1, 0.15) is 30.4 Å². The van der Waals surface area contributed by atoms with Crippen LogP contribution in [-0.2, 0) is 11.8 Å². The van der Waals surface area contributed by atoms with E-state index < -0.39 is 0 Å². The lowest BCUT2D eigenvalue weighted by Crippen LogP contribution is -2.38. The number of allylic oxidation sites excluding steroid dienone is 2. The van der Waals surface area contributed by atoms with Crippen LogP contribution >= 0.6 is 0 Å². The van der Waals surface area contributed by atoms with Gasteiger partial charge in [-0.05, 0) is 54.5 Å². The standard InChI is InChI=1S/C29H36N2O3/c1-30-15-14-25-11-10-24(22-28(25)30)8-6-4-3-5-7-9-26-12-13-27(23-29(26)32-2)34-21-18-31-16-19-33-20-17-31/h6-15,22-23H,3-5,16-21H2,1-2H3/b8-6+,9-7+. The number of methoxy groups -OCH3 is 1. The molecule has 0 saturated carbocycles. The van der Waals surface area contributed by atoms with Crippen LogP contribution in [0.3, 0.4) is 0 Å². The average Bonchev–Trinajstić information content (AvgIpc) is 3.24. The van der Waals surface area contributed by atoms with Crippen LogP contribution in [0.2, 0.25) is 0 Å². The number of unbranched alkanes of at least 4 members (excludes halogenated alkanes) is 2. The Morgan fingerprint density at radius 3 is 2.62 bits per heavy atom. The number of ether oxygens (including phenoxy) is 3. The van der Waals surface area contributed by atoms with Gasteiger partial charge in [-0.25, -0.2) is 0 Å². The summed E-state index contributed by atoms with van der Waals surface area (Å²) in [5.74, 6) is 1.69. The van der Waals surface area contributed by atoms with Crippen molar-refractivity contribution in [3.63, 3.8) is 0 Å². The summed E-state index contributed by atoms with van der Waals surface area (Å²) in [7, 11) is 3.80. The highest BCUT2D eigenvalue weighted by atomic mass is 16.5. The molecule has 0 bridgehead atoms. The fourth-order valence-electron chi connectivity index (χ4n) is 4.20. The van der Waals surface area contributed by atoms with E-state index in [4.69, 9.17) is 14.2 Å². The molecule has 180 valence electrons. The Morgan fingerprint density at radius 2 is 1.79 bits per heavy atom. The van der Waals surface area contributed by atoms with E-state index in [2.05, 4.69) is 77.3 Å². The summed E-state index contributed by atoms with van der Waals surface area (Å²) in [5.41, 5.74) is 3.60. The van der Waals surface area contributed by atoms with Crippen molar-refractivity contribution < 1.29 is 14.2 Å². The molecule has 5 heteroatoms. The van der Waals surface area contributed by atoms with Crippen molar-refractivity contribution in [2.75, 3.05) is 46.6 Å². The molecule has 0 radical (unpaired) electrons. The van der Waals surface area contributed by atoms with E-state index in [-0.39, 0.29) is 0 Å². The molecule has 0 aliphatic carbocycles. The van der Waals surface area contributed by atoms with E-state index in [1.807, 2.05) is 12.1 Å². The fraction of sp³-hybridized carbons (Fsp3) is 0.379. The lowest BCUT2D eigenvalue weighted by molar-refractivity contribution is 0.0322. The zero-order chi connectivity index (χ0) is 23.6. The van der Waals surface area contributed by atoms with Gasteiger partial charge in [0.1, 0.15) is 18.1 Å². The molecule has 1 aliphatic rings. The van der Waals surface area contributed by atoms with Gasteiger partial charge in [0.25, 0.3) is 0 Å². The first kappa shape index (κ1) is 24.1. The summed E-state index contributed by atoms with van der Waals surface area (Å²) in [4.78, 5) is 2.37. The Labute approximate surface area is 203 Å². The highest BCUT2D eigenvalue weighted by molar-refractivity contribution is 5.82. The summed E-state index contributed by atoms with van der Waals surface area (Å²) in [6.07, 6.45) is 14.2. The van der Waals surface area contributed by atoms with Gasteiger partial charge in [-0.2, -0.15) is 0 Å². The van der Waals surface area contributed by atoms with Crippen molar-refractivity contribution in [1.29, 1.82) is 0 Å². The van der Waals surface area contributed by atoms with Crippen LogP contribution in [0.5, 0.6) is 11.5 Å². The highest BCUT2D eigenvalue weighted by Gasteiger charge is 2.10. The zero-order valence-corrected chi connectivity index (χ0v) is 20.4. The van der Waals surface area contributed by atoms with Gasteiger partial charge >= 0.3 is 0 Å². The van der Waals surface area contributed by atoms with Gasteiger partial charge in [0.05, 0.1) is 20.3 Å². The highest BCUT2D eigenvalue weighted by Crippen LogP contribution is 2.26. The van der Waals surface area contributed by atoms with E-state index in [0.717, 1.165) is 69.2 Å². The molecule has 1 aromatic heterocycles. The Bertz CT molecular complexity index is 1110. The summed E-state index contributed by atoms with van der Waals surface area (Å²) >= 11 is 0. The number of benzene rings is 2. The fourth-order valence-corrected chi connectivity index (χ4v) is 4.20. The Hall–Kier alpha value is -3.02. The van der Waals surface area contributed by atoms with E-state index >= 15 is 0 Å². The van der Waals surface area contributed by atoms with Crippen LogP contribution in [-0.4, -0.2) is 56.0 Å². The lowest BCUT2D eigenvalue weighted by atomic mass is 10.1. The van der Waals surface area contributed by atoms with Crippen LogP contribution in [0.4, 0.5) is 0 Å². The number of nitrogens with zero attached hydrogens (tertiary/aromatic N) is 2. The number of hydrogen-bond donors (Lipinski definition) is 0. The molecule has 2 aromatic carbocycles. The maximum atomic E-state index is 5.94. The van der Waals surface area contributed by atoms with Crippen LogP contribution in [0.15, 0.2) is 60.8 Å². The minimum absolute atomic E-state index is 0.672. The van der Waals surface area contributed by atoms with Gasteiger partial charge in [0, 0.05) is 50.0 Å². The molecule has 3 aromatic rings. The molecule has 0 spiro atoms. The van der Waals surface area contributed by atoms with E-state index in [1.165, 1.54) is 16.5 Å². The number of aromatic nitrogens is 1. The molecule has 1 saturated heterocycles. The van der Waals surface area contributed by atoms with Crippen LogP contribution < -0.4 is 9.47 Å². The second kappa shape index (κ2) is 12.4. The Morgan fingerprint density at radius 1 is 0.971 bits per heavy atom. The first-order valence-electron chi connectivity index (χ1n) is 12.2. The van der Waals surface area contributed by atoms with Crippen molar-refractivity contribution in [1.82, 2.24) is 9.47 Å². The quantitative estimate of drug-likeness (QED) is 0.339. The van der Waals surface area contributed by atoms with E-state index in [9.17, 15) is 0 Å². The lowest BCUT2D eigenvalue weighted by Gasteiger charge is -2.26. The van der Waals surface area contributed by atoms with Gasteiger partial charge in [-0.3, -0.25) is 4.90 Å². The number of aryl methyl sites for hydroxylation is 1. The van der Waals surface area contributed by atoms with Gasteiger partial charge in [-0.1, -0.05) is 36.4 Å². The monoisotopic (exact) mass is 460 g/mol. The van der Waals surface area contributed by atoms with Crippen molar-refractivity contribution in [2.45, 2.75) is 19.3 Å². The summed E-state index contributed by atoms with van der Waals surface area (Å²) in [6, 6.07) is 14.8. The minimum atomic E-state index is 0.672. The maximum absolute atomic E-state index is 5.94. The molecular weight excluding hydrogens is 424 g/mol. The van der Waals surface area contributed by atoms with E-state index in [0.29, 0.717) is 6.61 Å². The Kier molecular flexibility index (Phi) is 8.83. The molecule has 0 unspecified atom stereocenters. The number of rotatable bonds is 11. The average molecular weight is 461 g/mol. The molecule has 0 N–H and O–H groups in total. The third-order valence-electron chi connectivity index (χ3n) is 6.25. The third kappa shape index (κ3) is 6.75. The van der Waals surface area contributed by atoms with Crippen molar-refractivity contribution in [3.05, 3.63) is 71.9 Å². The van der Waals surface area contributed by atoms with Gasteiger partial charge < -0.3 is 18.8 Å². The third-order valence-corrected chi connectivity index (χ3v) is 6.25. The smallest absolute Gasteiger partial charge is 0.129 e. The van der Waals surface area contributed by atoms with Gasteiger partial charge in [0.15, 0.2) is 0 Å². The van der Waals surface area contributed by atoms with Crippen LogP contribution in [0.25, 0.3) is 23.1 Å². The first-order chi connectivity index (χ1) is 16.7. The molecule has 5 nitrogen and oxygen atoms in total. The number of morpholine rings is 1. The molecule has 0 atom stereocenters. The number of hydrogen-bond acceptors (Lipinski definition) is 4. The molecule has 1 aliphatic heterocycles. The van der Waals surface area contributed by atoms with Gasteiger partial charge in [-0.15, -0.1) is 0 Å². The van der Waals surface area contributed by atoms with E-state index in [1.54, 1.807) is 7.11 Å². The molecule has 34 heavy (non-hydrogen) atoms. The number of fused-ring (bicyclic) bond motifs is 1. The molecule has 1 fully saturated rings. The predicted octanol–water partition coefficient (Wildman–Crippen LogP) is 5.79. The predicted molar refractivity (Wildman–Crippen MR) is 141 cm³/mol. The normalized spacial score (nSPS) is 15.0. The molecular formula is C29H36N2O3. The maximum Gasteiger partial charge on any atom is 0.129 e. The topological polar surface area (TPSA) is 35.9 Å². The summed E-state index contributed by atoms with van der Waals surface area (Å²) in [5, 5.41) is 1.28. The van der Waals surface area contributed by atoms with Crippen molar-refractivity contribution in [2.24, 2.45) is 7.05 Å². The second-order valence-corrected chi connectivity index (χ2v) is 8.69. The second-order valence-electron chi connectivity index (χ2n) is 8.69. The first-order valence-corrected chi connectivity index (χ1v) is 12.2. The Balaban J connectivity index is 1.20. The molecule has 4 rings (SSSR count). The molecule has 2 heterocycles. The minimum Gasteiger partial charge on any atom is -0.496 e. The summed E-state index contributed by atoms with van der Waals surface area (Å²) in [6.45, 7) is 5.18. The molecule has 0 amide bonds.